The number of fused-ring (bicyclic) bond motifs is 9. The summed E-state index contributed by atoms with van der Waals surface area (Å²) in [5.74, 6) is -3.34. The molecule has 39 heavy (non-hydrogen) atoms. The number of methoxy groups -OCH3 is 1. The first-order valence-electron chi connectivity index (χ1n) is 12.7. The Hall–Kier alpha value is -3.32. The smallest absolute Gasteiger partial charge is 0.344 e. The number of H-pyrrole nitrogens is 1. The number of thiazole rings is 1. The normalized spacial score (nSPS) is 30.1. The van der Waals surface area contributed by atoms with Crippen LogP contribution in [0.25, 0.3) is 0 Å². The number of imide groups is 1. The molecule has 11 nitrogen and oxygen atoms in total. The lowest BCUT2D eigenvalue weighted by Crippen LogP contribution is -2.42. The second kappa shape index (κ2) is 9.70. The maximum absolute atomic E-state index is 13.3. The molecule has 2 bridgehead atoms. The van der Waals surface area contributed by atoms with Gasteiger partial charge in [0.15, 0.2) is 18.1 Å². The molecule has 206 valence electrons. The molecule has 2 aliphatic heterocycles. The van der Waals surface area contributed by atoms with Crippen molar-refractivity contribution in [2.75, 3.05) is 26.9 Å². The van der Waals surface area contributed by atoms with E-state index in [0.29, 0.717) is 17.9 Å². The molecule has 1 aromatic carbocycles. The Labute approximate surface area is 230 Å². The predicted molar refractivity (Wildman–Crippen MR) is 138 cm³/mol. The second-order valence-electron chi connectivity index (χ2n) is 10.1. The Balaban J connectivity index is 1.37. The molecule has 7 atom stereocenters. The summed E-state index contributed by atoms with van der Waals surface area (Å²) in [6.45, 7) is 1.06. The summed E-state index contributed by atoms with van der Waals surface area (Å²) in [6, 6.07) is 5.42. The summed E-state index contributed by atoms with van der Waals surface area (Å²) in [4.78, 5) is 66.6. The van der Waals surface area contributed by atoms with Gasteiger partial charge in [-0.15, -0.1) is 11.8 Å². The van der Waals surface area contributed by atoms with E-state index in [1.165, 1.54) is 7.11 Å². The van der Waals surface area contributed by atoms with Gasteiger partial charge in [-0.1, -0.05) is 17.4 Å². The van der Waals surface area contributed by atoms with Gasteiger partial charge in [-0.2, -0.15) is 0 Å². The summed E-state index contributed by atoms with van der Waals surface area (Å²) >= 11 is 2.69. The highest BCUT2D eigenvalue weighted by Gasteiger charge is 2.69. The van der Waals surface area contributed by atoms with Crippen LogP contribution in [0.3, 0.4) is 0 Å². The topological polar surface area (TPSA) is 152 Å². The van der Waals surface area contributed by atoms with Crippen LogP contribution in [-0.2, 0) is 23.9 Å². The van der Waals surface area contributed by atoms with Crippen LogP contribution in [0.2, 0.25) is 0 Å². The van der Waals surface area contributed by atoms with Gasteiger partial charge in [0.1, 0.15) is 6.54 Å². The number of rotatable bonds is 8. The first-order valence-corrected chi connectivity index (χ1v) is 14.4. The van der Waals surface area contributed by atoms with Gasteiger partial charge in [-0.05, 0) is 48.8 Å². The third-order valence-electron chi connectivity index (χ3n) is 8.31. The van der Waals surface area contributed by atoms with Gasteiger partial charge in [0.25, 0.3) is 0 Å². The number of nitrogens with one attached hydrogen (secondary N) is 1. The number of amides is 2. The number of aliphatic carboxylic acids is 1. The van der Waals surface area contributed by atoms with Crippen LogP contribution in [0, 0.1) is 29.6 Å². The average Bonchev–Trinajstić information content (AvgIpc) is 3.63. The zero-order chi connectivity index (χ0) is 27.6. The summed E-state index contributed by atoms with van der Waals surface area (Å²) in [7, 11) is 1.50. The van der Waals surface area contributed by atoms with Crippen LogP contribution in [0.5, 0.6) is 11.5 Å². The number of esters is 1. The highest BCUT2D eigenvalue weighted by molar-refractivity contribution is 8.00. The van der Waals surface area contributed by atoms with E-state index in [0.717, 1.165) is 31.7 Å². The summed E-state index contributed by atoms with van der Waals surface area (Å²) in [5, 5.41) is 10.0. The van der Waals surface area contributed by atoms with E-state index in [1.54, 1.807) is 24.8 Å². The molecular formula is C26H26N2O9S2. The average molecular weight is 575 g/mol. The van der Waals surface area contributed by atoms with Gasteiger partial charge in [0.05, 0.1) is 30.6 Å². The van der Waals surface area contributed by atoms with Crippen molar-refractivity contribution in [2.45, 2.75) is 29.5 Å². The number of hydrogen-bond acceptors (Lipinski definition) is 10. The number of hydrogen-bond donors (Lipinski definition) is 2. The monoisotopic (exact) mass is 574 g/mol. The zero-order valence-corrected chi connectivity index (χ0v) is 22.7. The van der Waals surface area contributed by atoms with Crippen molar-refractivity contribution in [2.24, 2.45) is 29.6 Å². The lowest BCUT2D eigenvalue weighted by atomic mass is 9.68. The number of ether oxygens (including phenoxy) is 3. The van der Waals surface area contributed by atoms with Gasteiger partial charge in [0, 0.05) is 16.0 Å². The highest BCUT2D eigenvalue weighted by atomic mass is 32.2. The third kappa shape index (κ3) is 4.05. The number of carbonyl (C=O) groups is 4. The molecule has 2 aromatic rings. The number of carboxylic acids is 1. The van der Waals surface area contributed by atoms with E-state index in [9.17, 15) is 29.1 Å². The van der Waals surface area contributed by atoms with Gasteiger partial charge in [-0.3, -0.25) is 24.1 Å². The Morgan fingerprint density at radius 3 is 2.56 bits per heavy atom. The number of carbonyl (C=O) groups excluding carboxylic acids is 3. The lowest BCUT2D eigenvalue weighted by molar-refractivity contribution is -0.150. The predicted octanol–water partition coefficient (Wildman–Crippen LogP) is 1.94. The first kappa shape index (κ1) is 25.9. The molecule has 3 fully saturated rings. The fraction of sp³-hybridized carbons (Fsp3) is 0.500. The van der Waals surface area contributed by atoms with Crippen LogP contribution < -0.4 is 14.3 Å². The number of thioether (sulfide) groups is 1. The molecule has 2 saturated carbocycles. The lowest BCUT2D eigenvalue weighted by Gasteiger charge is -2.43. The second-order valence-corrected chi connectivity index (χ2v) is 12.3. The van der Waals surface area contributed by atoms with Crippen LogP contribution in [0.1, 0.15) is 29.7 Å². The van der Waals surface area contributed by atoms with E-state index in [1.807, 2.05) is 12.1 Å². The minimum absolute atomic E-state index is 0.0220. The quantitative estimate of drug-likeness (QED) is 0.353. The van der Waals surface area contributed by atoms with Crippen molar-refractivity contribution in [3.8, 4) is 11.5 Å². The Morgan fingerprint density at radius 1 is 1.13 bits per heavy atom. The van der Waals surface area contributed by atoms with Gasteiger partial charge < -0.3 is 24.3 Å². The maximum Gasteiger partial charge on any atom is 0.344 e. The molecule has 3 heterocycles. The SMILES string of the molecule is CCOC(=O)COc1ccc([C@H]2c3sc(=O)[nH]c3SC3C4CC(C5C(=O)N(CC(=O)O)C(=O)C45)C32)cc1OC. The maximum atomic E-state index is 13.3. The minimum Gasteiger partial charge on any atom is -0.493 e. The van der Waals surface area contributed by atoms with Crippen LogP contribution in [0.15, 0.2) is 28.0 Å². The van der Waals surface area contributed by atoms with Crippen LogP contribution in [0.4, 0.5) is 0 Å². The van der Waals surface area contributed by atoms with E-state index in [4.69, 9.17) is 14.2 Å². The number of likely N-dealkylation sites (tertiary alicyclic amines) is 1. The van der Waals surface area contributed by atoms with Gasteiger partial charge in [0.2, 0.25) is 11.8 Å². The molecule has 0 radical (unpaired) electrons. The molecule has 1 aromatic heterocycles. The molecule has 13 heteroatoms. The van der Waals surface area contributed by atoms with Crippen molar-refractivity contribution >= 4 is 46.9 Å². The van der Waals surface area contributed by atoms with Crippen LogP contribution in [-0.4, -0.2) is 70.9 Å². The number of aromatic amines is 1. The summed E-state index contributed by atoms with van der Waals surface area (Å²) in [6.07, 6.45) is 0.698. The first-order chi connectivity index (χ1) is 18.7. The highest BCUT2D eigenvalue weighted by Crippen LogP contribution is 2.68. The molecule has 0 spiro atoms. The fourth-order valence-corrected chi connectivity index (χ4v) is 9.97. The number of aromatic nitrogens is 1. The molecule has 2 N–H and O–H groups in total. The summed E-state index contributed by atoms with van der Waals surface area (Å²) in [5.41, 5.74) is 0.866. The molecule has 2 aliphatic carbocycles. The molecule has 2 amide bonds. The largest absolute Gasteiger partial charge is 0.493 e. The van der Waals surface area contributed by atoms with E-state index in [2.05, 4.69) is 4.98 Å². The van der Waals surface area contributed by atoms with E-state index in [-0.39, 0.29) is 47.0 Å². The van der Waals surface area contributed by atoms with Crippen molar-refractivity contribution in [1.29, 1.82) is 0 Å². The molecule has 4 aliphatic rings. The minimum atomic E-state index is -1.22. The van der Waals surface area contributed by atoms with Crippen molar-refractivity contribution in [3.63, 3.8) is 0 Å². The zero-order valence-electron chi connectivity index (χ0n) is 21.1. The third-order valence-corrected chi connectivity index (χ3v) is 10.9. The number of benzene rings is 1. The van der Waals surface area contributed by atoms with Crippen molar-refractivity contribution < 1.29 is 38.5 Å². The Kier molecular flexibility index (Phi) is 6.45. The van der Waals surface area contributed by atoms with E-state index >= 15 is 0 Å². The molecular weight excluding hydrogens is 548 g/mol. The van der Waals surface area contributed by atoms with Crippen molar-refractivity contribution in [1.82, 2.24) is 9.88 Å². The number of carboxylic acid groups (broad SMARTS) is 1. The Morgan fingerprint density at radius 2 is 1.87 bits per heavy atom. The molecule has 1 saturated heterocycles. The molecule has 6 rings (SSSR count). The standard InChI is InChI=1S/C26H26N2O9S2/c1-3-36-16(31)9-37-13-5-4-10(6-14(13)35-2)17-18-11-7-12(21(18)38-23-22(17)39-26(34)27-23)20-19(11)24(32)28(25(20)33)8-15(29)30/h4-6,11-12,17-21H,3,7-9H2,1-2H3,(H,27,34)(H,29,30)/t11?,12?,17-,18?,19?,20?,21?/m1/s1. The summed E-state index contributed by atoms with van der Waals surface area (Å²) < 4.78 is 16.1. The number of nitrogens with zero attached hydrogens (tertiary/aromatic N) is 1. The Bertz CT molecular complexity index is 1430. The van der Waals surface area contributed by atoms with Crippen LogP contribution >= 0.6 is 23.1 Å². The van der Waals surface area contributed by atoms with Gasteiger partial charge >= 0.3 is 16.8 Å². The fourth-order valence-electron chi connectivity index (χ4n) is 7.08. The molecule has 6 unspecified atom stereocenters. The van der Waals surface area contributed by atoms with E-state index < -0.39 is 42.1 Å². The van der Waals surface area contributed by atoms with Gasteiger partial charge in [-0.25, -0.2) is 4.79 Å². The van der Waals surface area contributed by atoms with Crippen molar-refractivity contribution in [3.05, 3.63) is 38.3 Å².